The molecule has 3 aromatic rings. The third-order valence-electron chi connectivity index (χ3n) is 3.97. The first kappa shape index (κ1) is 19.1. The number of hydrogen-bond acceptors (Lipinski definition) is 7. The van der Waals surface area contributed by atoms with E-state index in [0.29, 0.717) is 10.6 Å². The highest BCUT2D eigenvalue weighted by Crippen LogP contribution is 2.29. The predicted octanol–water partition coefficient (Wildman–Crippen LogP) is 0.578. The van der Waals surface area contributed by atoms with Crippen LogP contribution in [0.25, 0.3) is 22.4 Å². The van der Waals surface area contributed by atoms with Gasteiger partial charge in [0.15, 0.2) is 11.5 Å². The molecule has 1 aromatic carbocycles. The number of carboxylic acids is 1. The Morgan fingerprint density at radius 2 is 1.93 bits per heavy atom. The van der Waals surface area contributed by atoms with E-state index in [1.807, 2.05) is 0 Å². The van der Waals surface area contributed by atoms with Gasteiger partial charge in [-0.3, -0.25) is 13.9 Å². The van der Waals surface area contributed by atoms with Crippen molar-refractivity contribution in [1.29, 1.82) is 0 Å². The summed E-state index contributed by atoms with van der Waals surface area (Å²) in [7, 11) is 2.82. The molecule has 0 aliphatic carbocycles. The molecule has 10 heteroatoms. The second kappa shape index (κ2) is 7.16. The number of aryl methyl sites for hydroxylation is 1. The summed E-state index contributed by atoms with van der Waals surface area (Å²) in [4.78, 5) is 44.9. The van der Waals surface area contributed by atoms with E-state index in [2.05, 4.69) is 9.97 Å². The van der Waals surface area contributed by atoms with Gasteiger partial charge in [0, 0.05) is 29.9 Å². The number of fused-ring (bicyclic) bond motifs is 1. The Morgan fingerprint density at radius 3 is 2.56 bits per heavy atom. The number of thioether (sulfide) groups is 1. The van der Waals surface area contributed by atoms with E-state index < -0.39 is 22.5 Å². The Bertz CT molecular complexity index is 1190. The molecule has 8 nitrogen and oxygen atoms in total. The zero-order valence-corrected chi connectivity index (χ0v) is 16.2. The first-order chi connectivity index (χ1) is 12.7. The monoisotopic (exact) mass is 405 g/mol. The molecule has 0 spiro atoms. The zero-order valence-electron chi connectivity index (χ0n) is 14.6. The van der Waals surface area contributed by atoms with Gasteiger partial charge in [-0.15, -0.1) is 0 Å². The van der Waals surface area contributed by atoms with Gasteiger partial charge >= 0.3 is 5.69 Å². The average molecular weight is 406 g/mol. The lowest BCUT2D eigenvalue weighted by molar-refractivity contribution is -0.304. The van der Waals surface area contributed by atoms with Crippen LogP contribution in [-0.2, 0) is 18.9 Å². The van der Waals surface area contributed by atoms with Crippen LogP contribution >= 0.6 is 23.4 Å². The maximum Gasteiger partial charge on any atom is 0.332 e. The van der Waals surface area contributed by atoms with Crippen molar-refractivity contribution in [1.82, 2.24) is 19.1 Å². The van der Waals surface area contributed by atoms with E-state index in [1.54, 1.807) is 24.3 Å². The van der Waals surface area contributed by atoms with Gasteiger partial charge in [-0.25, -0.2) is 14.8 Å². The minimum atomic E-state index is -1.29. The van der Waals surface area contributed by atoms with Gasteiger partial charge in [-0.05, 0) is 19.1 Å². The van der Waals surface area contributed by atoms with Crippen molar-refractivity contribution in [2.75, 3.05) is 0 Å². The smallest absolute Gasteiger partial charge is 0.332 e. The number of nitrogens with zero attached hydrogens (tertiary/aromatic N) is 4. The first-order valence-corrected chi connectivity index (χ1v) is 9.07. The molecule has 27 heavy (non-hydrogen) atoms. The number of aliphatic carboxylic acids is 1. The molecule has 0 fully saturated rings. The first-order valence-electron chi connectivity index (χ1n) is 7.82. The summed E-state index contributed by atoms with van der Waals surface area (Å²) in [6.07, 6.45) is 0. The van der Waals surface area contributed by atoms with E-state index in [1.165, 1.54) is 25.6 Å². The molecule has 1 atom stereocenters. The highest BCUT2D eigenvalue weighted by atomic mass is 35.5. The zero-order chi connectivity index (χ0) is 19.9. The SMILES string of the molecule is C[C@H](Sc1nc(-c2cccc(Cl)c2)nc2c1c(=O)n(C)c(=O)n2C)C(=O)[O-]. The summed E-state index contributed by atoms with van der Waals surface area (Å²) in [5.74, 6) is -1.07. The minimum absolute atomic E-state index is 0.0727. The fraction of sp³-hybridized carbons (Fsp3) is 0.235. The van der Waals surface area contributed by atoms with E-state index >= 15 is 0 Å². The summed E-state index contributed by atoms with van der Waals surface area (Å²) in [5, 5.41) is 10.9. The standard InChI is InChI=1S/C17H15ClN4O4S/c1-8(16(24)25)27-14-11-13(21(2)17(26)22(3)15(11)23)19-12(20-14)9-5-4-6-10(18)7-9/h4-8H,1-3H3,(H,24,25)/p-1/t8-/m0/s1. The molecule has 0 aliphatic heterocycles. The topological polar surface area (TPSA) is 110 Å². The molecule has 2 heterocycles. The highest BCUT2D eigenvalue weighted by molar-refractivity contribution is 8.00. The molecule has 0 unspecified atom stereocenters. The van der Waals surface area contributed by atoms with Crippen LogP contribution in [0.5, 0.6) is 0 Å². The normalized spacial score (nSPS) is 12.3. The minimum Gasteiger partial charge on any atom is -0.549 e. The molecule has 0 saturated carbocycles. The molecular weight excluding hydrogens is 392 g/mol. The second-order valence-electron chi connectivity index (χ2n) is 5.85. The van der Waals surface area contributed by atoms with Gasteiger partial charge in [0.25, 0.3) is 5.56 Å². The van der Waals surface area contributed by atoms with Crippen LogP contribution in [0.3, 0.4) is 0 Å². The maximum absolute atomic E-state index is 12.6. The number of hydrogen-bond donors (Lipinski definition) is 0. The van der Waals surface area contributed by atoms with E-state index in [9.17, 15) is 19.5 Å². The Balaban J connectivity index is 2.40. The van der Waals surface area contributed by atoms with Crippen LogP contribution in [0.4, 0.5) is 0 Å². The number of halogens is 1. The fourth-order valence-corrected chi connectivity index (χ4v) is 3.54. The molecule has 0 aliphatic rings. The van der Waals surface area contributed by atoms with Gasteiger partial charge < -0.3 is 9.90 Å². The van der Waals surface area contributed by atoms with Crippen LogP contribution in [0.2, 0.25) is 5.02 Å². The van der Waals surface area contributed by atoms with Gasteiger partial charge in [0.05, 0.1) is 5.97 Å². The van der Waals surface area contributed by atoms with Gasteiger partial charge in [0.2, 0.25) is 0 Å². The molecule has 0 bridgehead atoms. The summed E-state index contributed by atoms with van der Waals surface area (Å²) >= 11 is 6.88. The van der Waals surface area contributed by atoms with Crippen molar-refractivity contribution in [2.45, 2.75) is 17.2 Å². The van der Waals surface area contributed by atoms with Gasteiger partial charge in [-0.1, -0.05) is 35.5 Å². The van der Waals surface area contributed by atoms with Crippen molar-refractivity contribution in [2.24, 2.45) is 14.1 Å². The van der Waals surface area contributed by atoms with E-state index in [4.69, 9.17) is 11.6 Å². The predicted molar refractivity (Wildman–Crippen MR) is 101 cm³/mol. The molecular formula is C17H14ClN4O4S-. The lowest BCUT2D eigenvalue weighted by atomic mass is 10.2. The second-order valence-corrected chi connectivity index (χ2v) is 7.61. The van der Waals surface area contributed by atoms with Crippen molar-refractivity contribution in [3.8, 4) is 11.4 Å². The average Bonchev–Trinajstić information content (AvgIpc) is 2.63. The van der Waals surface area contributed by atoms with Gasteiger partial charge in [-0.2, -0.15) is 0 Å². The largest absolute Gasteiger partial charge is 0.549 e. The Hall–Kier alpha value is -2.65. The number of carbonyl (C=O) groups is 1. The maximum atomic E-state index is 12.6. The van der Waals surface area contributed by atoms with Crippen LogP contribution in [0.1, 0.15) is 6.92 Å². The van der Waals surface area contributed by atoms with Crippen molar-refractivity contribution >= 4 is 40.4 Å². The molecule has 0 saturated heterocycles. The van der Waals surface area contributed by atoms with Crippen LogP contribution in [0, 0.1) is 0 Å². The van der Waals surface area contributed by atoms with E-state index in [0.717, 1.165) is 16.3 Å². The Morgan fingerprint density at radius 1 is 1.22 bits per heavy atom. The number of benzene rings is 1. The van der Waals surface area contributed by atoms with Crippen LogP contribution in [0.15, 0.2) is 38.9 Å². The summed E-state index contributed by atoms with van der Waals surface area (Å²) in [6.45, 7) is 1.43. The number of rotatable bonds is 4. The molecule has 0 amide bonds. The lowest BCUT2D eigenvalue weighted by Gasteiger charge is -2.15. The molecule has 3 rings (SSSR count). The molecule has 2 aromatic heterocycles. The summed E-state index contributed by atoms with van der Waals surface area (Å²) in [5.41, 5.74) is -0.465. The fourth-order valence-electron chi connectivity index (χ4n) is 2.49. The summed E-state index contributed by atoms with van der Waals surface area (Å²) in [6, 6.07) is 6.76. The number of aromatic nitrogens is 4. The van der Waals surface area contributed by atoms with Crippen molar-refractivity contribution in [3.05, 3.63) is 50.1 Å². The summed E-state index contributed by atoms with van der Waals surface area (Å²) < 4.78 is 2.15. The molecule has 0 radical (unpaired) electrons. The third kappa shape index (κ3) is 3.47. The van der Waals surface area contributed by atoms with Crippen LogP contribution in [-0.4, -0.2) is 30.3 Å². The lowest BCUT2D eigenvalue weighted by Crippen LogP contribution is -2.38. The number of carboxylic acid groups (broad SMARTS) is 1. The number of carbonyl (C=O) groups excluding carboxylic acids is 1. The third-order valence-corrected chi connectivity index (χ3v) is 5.27. The highest BCUT2D eigenvalue weighted by Gasteiger charge is 2.20. The van der Waals surface area contributed by atoms with Crippen molar-refractivity contribution < 1.29 is 9.90 Å². The van der Waals surface area contributed by atoms with Crippen LogP contribution < -0.4 is 16.4 Å². The van der Waals surface area contributed by atoms with Crippen molar-refractivity contribution in [3.63, 3.8) is 0 Å². The molecule has 0 N–H and O–H groups in total. The quantitative estimate of drug-likeness (QED) is 0.461. The van der Waals surface area contributed by atoms with E-state index in [-0.39, 0.29) is 21.9 Å². The molecule has 140 valence electrons. The van der Waals surface area contributed by atoms with Gasteiger partial charge in [0.1, 0.15) is 10.4 Å². The Kier molecular flexibility index (Phi) is 5.07. The Labute approximate surface area is 162 Å².